The summed E-state index contributed by atoms with van der Waals surface area (Å²) >= 11 is 3.85. The van der Waals surface area contributed by atoms with Gasteiger partial charge in [-0.2, -0.15) is 0 Å². The van der Waals surface area contributed by atoms with E-state index in [4.69, 9.17) is 24.2 Å². The Kier molecular flexibility index (Phi) is 16.1. The Morgan fingerprint density at radius 1 is 0.650 bits per heavy atom. The van der Waals surface area contributed by atoms with Crippen molar-refractivity contribution in [3.05, 3.63) is 59.7 Å². The lowest BCUT2D eigenvalue weighted by Crippen LogP contribution is -2.48. The second-order valence-electron chi connectivity index (χ2n) is 17.6. The van der Waals surface area contributed by atoms with Gasteiger partial charge in [0.2, 0.25) is 0 Å². The number of nitrogens with one attached hydrogen (secondary N) is 1. The van der Waals surface area contributed by atoms with Crippen LogP contribution in [-0.2, 0) is 4.74 Å². The molecule has 60 heavy (non-hydrogen) atoms. The Bertz CT molecular complexity index is 1720. The van der Waals surface area contributed by atoms with Crippen molar-refractivity contribution in [3.8, 4) is 11.5 Å². The molecule has 7 heterocycles. The molecule has 0 aliphatic carbocycles. The Morgan fingerprint density at radius 2 is 1.15 bits per heavy atom. The van der Waals surface area contributed by atoms with Gasteiger partial charge in [-0.25, -0.2) is 4.79 Å². The van der Waals surface area contributed by atoms with Gasteiger partial charge in [0.1, 0.15) is 11.5 Å². The van der Waals surface area contributed by atoms with Crippen LogP contribution in [0.5, 0.6) is 11.5 Å². The zero-order chi connectivity index (χ0) is 41.1. The van der Waals surface area contributed by atoms with Gasteiger partial charge >= 0.3 is 6.03 Å². The number of carbonyl (C=O) groups excluding carboxylic acids is 1. The third-order valence-corrected chi connectivity index (χ3v) is 16.2. The topological polar surface area (TPSA) is 94.5 Å². The molecule has 5 saturated heterocycles. The van der Waals surface area contributed by atoms with Gasteiger partial charge in [0.05, 0.1) is 48.6 Å². The molecule has 6 unspecified atom stereocenters. The van der Waals surface area contributed by atoms with Crippen molar-refractivity contribution in [2.45, 2.75) is 113 Å². The molecule has 0 radical (unpaired) electrons. The minimum absolute atomic E-state index is 0.169. The Hall–Kier alpha value is -2.81. The van der Waals surface area contributed by atoms with Crippen LogP contribution in [0.4, 0.5) is 4.79 Å². The van der Waals surface area contributed by atoms with Crippen molar-refractivity contribution in [1.82, 2.24) is 24.9 Å². The number of aliphatic imine (C=N–C) groups is 2. The molecule has 9 rings (SSSR count). The molecule has 328 valence electrons. The SMILES string of the molecule is CC1CCCN1CCCOc1ccc(C2=NC3CCN(C(=O)N4CCOCC4)CCC3S2)cc1.CC1CCCN1CCCOc1ccc(C2=NC3CCNCCC3S2)cc1. The maximum atomic E-state index is 12.9. The van der Waals surface area contributed by atoms with Crippen molar-refractivity contribution in [3.63, 3.8) is 0 Å². The number of fused-ring (bicyclic) bond motifs is 2. The summed E-state index contributed by atoms with van der Waals surface area (Å²) in [6, 6.07) is 19.4. The molecule has 11 nitrogen and oxygen atoms in total. The van der Waals surface area contributed by atoms with Crippen molar-refractivity contribution < 1.29 is 19.0 Å². The third-order valence-electron chi connectivity index (χ3n) is 13.4. The van der Waals surface area contributed by atoms with E-state index in [-0.39, 0.29) is 6.03 Å². The normalized spacial score (nSPS) is 28.5. The Balaban J connectivity index is 0.000000172. The first-order valence-corrected chi connectivity index (χ1v) is 25.0. The maximum absolute atomic E-state index is 12.9. The average molecular weight is 860 g/mol. The van der Waals surface area contributed by atoms with Crippen LogP contribution >= 0.6 is 23.5 Å². The van der Waals surface area contributed by atoms with Crippen LogP contribution in [0, 0.1) is 0 Å². The van der Waals surface area contributed by atoms with Crippen LogP contribution in [0.15, 0.2) is 58.5 Å². The second-order valence-corrected chi connectivity index (χ2v) is 20.1. The van der Waals surface area contributed by atoms with Gasteiger partial charge < -0.3 is 39.1 Å². The lowest BCUT2D eigenvalue weighted by molar-refractivity contribution is 0.0435. The van der Waals surface area contributed by atoms with E-state index in [0.717, 1.165) is 113 Å². The predicted molar refractivity (Wildman–Crippen MR) is 248 cm³/mol. The van der Waals surface area contributed by atoms with Gasteiger partial charge in [-0.3, -0.25) is 9.98 Å². The summed E-state index contributed by atoms with van der Waals surface area (Å²) in [7, 11) is 0. The minimum Gasteiger partial charge on any atom is -0.494 e. The number of carbonyl (C=O) groups is 1. The van der Waals surface area contributed by atoms with E-state index in [9.17, 15) is 4.79 Å². The van der Waals surface area contributed by atoms with Crippen molar-refractivity contribution in [1.29, 1.82) is 0 Å². The Labute approximate surface area is 367 Å². The highest BCUT2D eigenvalue weighted by Gasteiger charge is 2.36. The number of hydrogen-bond donors (Lipinski definition) is 1. The molecule has 1 N–H and O–H groups in total. The molecular formula is C47H69N7O4S2. The number of morpholine rings is 1. The van der Waals surface area contributed by atoms with Crippen molar-refractivity contribution >= 4 is 39.6 Å². The van der Waals surface area contributed by atoms with E-state index in [1.807, 2.05) is 33.3 Å². The molecular weight excluding hydrogens is 791 g/mol. The number of ether oxygens (including phenoxy) is 3. The number of urea groups is 1. The molecule has 0 saturated carbocycles. The minimum atomic E-state index is 0.169. The zero-order valence-corrected chi connectivity index (χ0v) is 37.8. The van der Waals surface area contributed by atoms with Crippen LogP contribution in [-0.4, -0.2) is 162 Å². The van der Waals surface area contributed by atoms with Crippen LogP contribution in [0.3, 0.4) is 0 Å². The molecule has 2 amide bonds. The quantitative estimate of drug-likeness (QED) is 0.221. The van der Waals surface area contributed by atoms with E-state index in [1.54, 1.807) is 0 Å². The fourth-order valence-corrected chi connectivity index (χ4v) is 12.3. The number of thioether (sulfide) groups is 2. The van der Waals surface area contributed by atoms with Crippen molar-refractivity contribution in [2.24, 2.45) is 9.98 Å². The van der Waals surface area contributed by atoms with E-state index in [1.165, 1.54) is 61.4 Å². The predicted octanol–water partition coefficient (Wildman–Crippen LogP) is 7.27. The fraction of sp³-hybridized carbons (Fsp3) is 0.681. The highest BCUT2D eigenvalue weighted by atomic mass is 32.2. The number of hydrogen-bond acceptors (Lipinski definition) is 11. The van der Waals surface area contributed by atoms with Gasteiger partial charge in [0.15, 0.2) is 0 Å². The first kappa shape index (κ1) is 43.8. The largest absolute Gasteiger partial charge is 0.494 e. The number of rotatable bonds is 12. The first-order valence-electron chi connectivity index (χ1n) is 23.2. The van der Waals surface area contributed by atoms with Crippen LogP contribution in [0.25, 0.3) is 0 Å². The molecule has 13 heteroatoms. The average Bonchev–Trinajstić information content (AvgIpc) is 4.04. The van der Waals surface area contributed by atoms with Gasteiger partial charge in [-0.15, -0.1) is 23.5 Å². The first-order chi connectivity index (χ1) is 29.5. The molecule has 7 aliphatic heterocycles. The standard InChI is InChI=1S/C26H38N4O3S.C21H31N3OS/c1-20-4-2-11-28(20)12-3-17-33-22-7-5-21(6-8-22)25-27-23-9-13-29(14-10-24(23)34-25)26(31)30-15-18-32-19-16-30;1-16-4-2-13-24(16)14-3-15-25-18-7-5-17(6-8-18)21-23-19-9-11-22-12-10-20(19)26-21/h5-8,20,23-24H,2-4,9-19H2,1H3;5-8,16,19-20,22H,2-4,9-15H2,1H3. The monoisotopic (exact) mass is 859 g/mol. The van der Waals surface area contributed by atoms with Crippen LogP contribution < -0.4 is 14.8 Å². The number of nitrogens with zero attached hydrogens (tertiary/aromatic N) is 6. The maximum Gasteiger partial charge on any atom is 0.320 e. The lowest BCUT2D eigenvalue weighted by atomic mass is 10.1. The molecule has 0 spiro atoms. The van der Waals surface area contributed by atoms with Crippen LogP contribution in [0.2, 0.25) is 0 Å². The van der Waals surface area contributed by atoms with Gasteiger partial charge in [0.25, 0.3) is 0 Å². The lowest BCUT2D eigenvalue weighted by Gasteiger charge is -2.32. The fourth-order valence-electron chi connectivity index (χ4n) is 9.66. The van der Waals surface area contributed by atoms with E-state index in [2.05, 4.69) is 77.5 Å². The van der Waals surface area contributed by atoms with Gasteiger partial charge in [-0.1, -0.05) is 0 Å². The summed E-state index contributed by atoms with van der Waals surface area (Å²) in [6.45, 7) is 17.6. The highest BCUT2D eigenvalue weighted by Crippen LogP contribution is 2.37. The highest BCUT2D eigenvalue weighted by molar-refractivity contribution is 8.15. The molecule has 0 bridgehead atoms. The molecule has 7 aliphatic rings. The molecule has 0 aromatic heterocycles. The Morgan fingerprint density at radius 3 is 1.70 bits per heavy atom. The summed E-state index contributed by atoms with van der Waals surface area (Å²) in [6.07, 6.45) is 11.9. The third kappa shape index (κ3) is 11.8. The zero-order valence-electron chi connectivity index (χ0n) is 36.2. The van der Waals surface area contributed by atoms with Gasteiger partial charge in [-0.05, 0) is 153 Å². The molecule has 2 aromatic rings. The smallest absolute Gasteiger partial charge is 0.320 e. The van der Waals surface area contributed by atoms with Crippen LogP contribution in [0.1, 0.15) is 89.2 Å². The summed E-state index contributed by atoms with van der Waals surface area (Å²) in [5, 5.41) is 6.95. The summed E-state index contributed by atoms with van der Waals surface area (Å²) in [4.78, 5) is 32.0. The summed E-state index contributed by atoms with van der Waals surface area (Å²) in [5.74, 6) is 1.92. The second kappa shape index (κ2) is 22.0. The van der Waals surface area contributed by atoms with Crippen molar-refractivity contribution in [2.75, 3.05) is 91.9 Å². The molecule has 2 aromatic carbocycles. The number of benzene rings is 2. The molecule has 5 fully saturated rings. The van der Waals surface area contributed by atoms with E-state index in [0.29, 0.717) is 48.9 Å². The molecule has 6 atom stereocenters. The number of likely N-dealkylation sites (tertiary alicyclic amines) is 3. The summed E-state index contributed by atoms with van der Waals surface area (Å²) in [5.41, 5.74) is 2.42. The van der Waals surface area contributed by atoms with E-state index < -0.39 is 0 Å². The number of amides is 2. The van der Waals surface area contributed by atoms with Gasteiger partial charge in [0, 0.05) is 73.0 Å². The van der Waals surface area contributed by atoms with E-state index >= 15 is 0 Å². The summed E-state index contributed by atoms with van der Waals surface area (Å²) < 4.78 is 17.3.